The first kappa shape index (κ1) is 72.7. The second-order valence-electron chi connectivity index (χ2n) is 32.8. The van der Waals surface area contributed by atoms with Crippen LogP contribution in [0.2, 0.25) is 0 Å². The largest absolute Gasteiger partial charge is 0.310 e. The molecule has 19 aromatic rings. The molecule has 21 rings (SSSR count). The van der Waals surface area contributed by atoms with Crippen molar-refractivity contribution in [3.63, 3.8) is 0 Å². The Balaban J connectivity index is 0.688. The molecule has 0 spiro atoms. The third-order valence-electron chi connectivity index (χ3n) is 25.3. The van der Waals surface area contributed by atoms with Crippen molar-refractivity contribution in [1.82, 2.24) is 0 Å². The van der Waals surface area contributed by atoms with Crippen LogP contribution in [0.25, 0.3) is 144 Å². The molecule has 0 heterocycles. The van der Waals surface area contributed by atoms with Gasteiger partial charge in [0.2, 0.25) is 0 Å². The van der Waals surface area contributed by atoms with Gasteiger partial charge < -0.3 is 9.80 Å². The number of rotatable bonds is 18. The Hall–Kier alpha value is -15.0. The van der Waals surface area contributed by atoms with Crippen molar-refractivity contribution < 1.29 is 0 Å². The lowest BCUT2D eigenvalue weighted by Crippen LogP contribution is -2.24. The molecule has 0 aromatic heterocycles. The fraction of sp³-hybridized carbons (Fsp3) is 0.0508. The number of fused-ring (bicyclic) bond motifs is 7. The van der Waals surface area contributed by atoms with Gasteiger partial charge in [-0.15, -0.1) is 0 Å². The quantitative estimate of drug-likeness (QED) is 0.0845. The summed E-state index contributed by atoms with van der Waals surface area (Å²) in [6.45, 7) is 7.23. The Labute approximate surface area is 704 Å². The monoisotopic (exact) mass is 1530 g/mol. The SMILES string of the molecule is CC1(C)c2ccccc2-c2c(-c3cccc(N(c4cccc(-c5cccc(CC6(C)c7ccccc7-c7c(-c8cccc(N(c9cccc(-c%10ccc%11ccccc%11c%10)c9)c9cccc(-c%10ccccc%10)c9-c9ccccc9-c9ccccc9)c8)cccc76)c5)c4)c4cccc(-c5ccccc5)c4-c4ccccc4-c4ccccc4)c3)cccc21. The number of anilines is 6. The maximum atomic E-state index is 2.53. The molecule has 19 aromatic carbocycles. The number of hydrogen-bond donors (Lipinski definition) is 0. The van der Waals surface area contributed by atoms with E-state index < -0.39 is 5.41 Å². The maximum Gasteiger partial charge on any atom is 0.0546 e. The van der Waals surface area contributed by atoms with E-state index in [2.05, 4.69) is 486 Å². The summed E-state index contributed by atoms with van der Waals surface area (Å²) in [6.07, 6.45) is 0.778. The average molecular weight is 1530 g/mol. The first-order valence-corrected chi connectivity index (χ1v) is 41.9. The van der Waals surface area contributed by atoms with Gasteiger partial charge in [-0.25, -0.2) is 0 Å². The summed E-state index contributed by atoms with van der Waals surface area (Å²) in [6, 6.07) is 169. The molecule has 568 valence electrons. The van der Waals surface area contributed by atoms with Crippen LogP contribution in [0, 0.1) is 0 Å². The minimum atomic E-state index is -0.400. The van der Waals surface area contributed by atoms with Gasteiger partial charge in [-0.1, -0.05) is 409 Å². The van der Waals surface area contributed by atoms with E-state index in [-0.39, 0.29) is 5.41 Å². The highest BCUT2D eigenvalue weighted by Gasteiger charge is 2.41. The normalized spacial score (nSPS) is 13.4. The van der Waals surface area contributed by atoms with Crippen molar-refractivity contribution in [2.24, 2.45) is 0 Å². The summed E-state index contributed by atoms with van der Waals surface area (Å²) >= 11 is 0. The molecule has 0 radical (unpaired) electrons. The summed E-state index contributed by atoms with van der Waals surface area (Å²) in [5.74, 6) is 0. The van der Waals surface area contributed by atoms with Gasteiger partial charge in [-0.05, 0) is 234 Å². The van der Waals surface area contributed by atoms with E-state index in [0.29, 0.717) is 0 Å². The van der Waals surface area contributed by atoms with Gasteiger partial charge in [0.1, 0.15) is 0 Å². The molecule has 2 heteroatoms. The van der Waals surface area contributed by atoms with E-state index in [4.69, 9.17) is 0 Å². The number of hydrogen-bond acceptors (Lipinski definition) is 2. The van der Waals surface area contributed by atoms with Crippen LogP contribution in [0.4, 0.5) is 34.1 Å². The average Bonchev–Trinajstić information content (AvgIpc) is 1.53. The van der Waals surface area contributed by atoms with Crippen molar-refractivity contribution >= 4 is 44.9 Å². The van der Waals surface area contributed by atoms with Gasteiger partial charge in [0.05, 0.1) is 11.4 Å². The Morgan fingerprint density at radius 2 is 0.492 bits per heavy atom. The van der Waals surface area contributed by atoms with Crippen LogP contribution in [0.3, 0.4) is 0 Å². The first-order chi connectivity index (χ1) is 59.2. The van der Waals surface area contributed by atoms with Gasteiger partial charge in [0.25, 0.3) is 0 Å². The molecule has 0 bridgehead atoms. The second-order valence-corrected chi connectivity index (χ2v) is 32.8. The van der Waals surface area contributed by atoms with Crippen LogP contribution in [-0.2, 0) is 17.3 Å². The minimum absolute atomic E-state index is 0.147. The third kappa shape index (κ3) is 12.9. The van der Waals surface area contributed by atoms with Gasteiger partial charge >= 0.3 is 0 Å². The van der Waals surface area contributed by atoms with E-state index in [1.54, 1.807) is 0 Å². The maximum absolute atomic E-state index is 2.53. The summed E-state index contributed by atoms with van der Waals surface area (Å²) < 4.78 is 0. The van der Waals surface area contributed by atoms with E-state index in [9.17, 15) is 0 Å². The zero-order chi connectivity index (χ0) is 80.3. The Morgan fingerprint density at radius 1 is 0.183 bits per heavy atom. The fourth-order valence-electron chi connectivity index (χ4n) is 19.7. The number of benzene rings is 19. The van der Waals surface area contributed by atoms with Crippen LogP contribution in [0.1, 0.15) is 48.6 Å². The zero-order valence-corrected chi connectivity index (χ0v) is 67.4. The molecule has 2 aliphatic carbocycles. The predicted molar refractivity (Wildman–Crippen MR) is 507 cm³/mol. The fourth-order valence-corrected chi connectivity index (χ4v) is 19.7. The predicted octanol–water partition coefficient (Wildman–Crippen LogP) is 32.3. The molecule has 0 saturated carbocycles. The summed E-state index contributed by atoms with van der Waals surface area (Å²) in [7, 11) is 0. The van der Waals surface area contributed by atoms with Crippen LogP contribution in [0.15, 0.2) is 455 Å². The lowest BCUT2D eigenvalue weighted by Gasteiger charge is -2.31. The van der Waals surface area contributed by atoms with Gasteiger partial charge in [-0.3, -0.25) is 0 Å². The summed E-state index contributed by atoms with van der Waals surface area (Å²) in [4.78, 5) is 5.04. The van der Waals surface area contributed by atoms with Crippen molar-refractivity contribution in [3.8, 4) is 134 Å². The minimum Gasteiger partial charge on any atom is -0.310 e. The van der Waals surface area contributed by atoms with E-state index in [0.717, 1.165) is 113 Å². The highest BCUT2D eigenvalue weighted by atomic mass is 15.2. The standard InChI is InChI=1S/C118H86N2/c1-117(2)107-65-24-22-59-105(107)113-101(61-31-67-109(113)117)91-49-29-53-95(77-91)119(111-69-33-63-99(84-41-12-6-13-42-84)115(111)103-57-20-18-55-97(103)82-37-8-4-9-38-82)93-51-27-47-88(75-93)86-46-26-35-80(73-86)79-118(3)108-66-25-23-60-106(108)114-102(62-32-68-110(114)118)92-50-30-54-96(78-92)120(94-52-28-48-89(76-94)90-72-71-81-36-16-17-45-87(81)74-90)112-70-34-64-100(85-43-14-7-15-44-85)116(112)104-58-21-19-56-98(104)83-39-10-5-11-40-83/h4-78H,79H2,1-3H3. The van der Waals surface area contributed by atoms with Crippen molar-refractivity contribution in [2.75, 3.05) is 9.80 Å². The number of nitrogens with zero attached hydrogens (tertiary/aromatic N) is 2. The molecule has 120 heavy (non-hydrogen) atoms. The second kappa shape index (κ2) is 30.6. The van der Waals surface area contributed by atoms with Crippen LogP contribution in [0.5, 0.6) is 0 Å². The third-order valence-corrected chi connectivity index (χ3v) is 25.3. The van der Waals surface area contributed by atoms with Gasteiger partial charge in [0, 0.05) is 44.7 Å². The highest BCUT2D eigenvalue weighted by Crippen LogP contribution is 2.58. The molecular weight excluding hydrogens is 1450 g/mol. The van der Waals surface area contributed by atoms with Crippen molar-refractivity contribution in [1.29, 1.82) is 0 Å². The molecular formula is C118H86N2. The van der Waals surface area contributed by atoms with Crippen molar-refractivity contribution in [2.45, 2.75) is 38.0 Å². The molecule has 1 atom stereocenters. The zero-order valence-electron chi connectivity index (χ0n) is 67.4. The van der Waals surface area contributed by atoms with E-state index in [1.807, 2.05) is 0 Å². The Bertz CT molecular complexity index is 7120. The molecule has 0 saturated heterocycles. The van der Waals surface area contributed by atoms with Gasteiger partial charge in [-0.2, -0.15) is 0 Å². The molecule has 1 unspecified atom stereocenters. The summed E-state index contributed by atoms with van der Waals surface area (Å²) in [5.41, 5.74) is 40.9. The smallest absolute Gasteiger partial charge is 0.0546 e. The molecule has 0 N–H and O–H groups in total. The topological polar surface area (TPSA) is 6.48 Å². The molecule has 2 nitrogen and oxygen atoms in total. The molecule has 0 aliphatic heterocycles. The van der Waals surface area contributed by atoms with E-state index in [1.165, 1.54) is 99.8 Å². The van der Waals surface area contributed by atoms with Crippen LogP contribution in [-0.4, -0.2) is 0 Å². The molecule has 0 amide bonds. The lowest BCUT2D eigenvalue weighted by atomic mass is 9.75. The highest BCUT2D eigenvalue weighted by molar-refractivity contribution is 6.05. The van der Waals surface area contributed by atoms with Gasteiger partial charge in [0.15, 0.2) is 0 Å². The molecule has 0 fully saturated rings. The van der Waals surface area contributed by atoms with Crippen LogP contribution >= 0.6 is 0 Å². The lowest BCUT2D eigenvalue weighted by molar-refractivity contribution is 0.583. The first-order valence-electron chi connectivity index (χ1n) is 41.9. The van der Waals surface area contributed by atoms with Crippen molar-refractivity contribution in [3.05, 3.63) is 483 Å². The van der Waals surface area contributed by atoms with E-state index >= 15 is 0 Å². The van der Waals surface area contributed by atoms with Crippen LogP contribution < -0.4 is 9.80 Å². The Morgan fingerprint density at radius 3 is 0.983 bits per heavy atom. The Kier molecular flexibility index (Phi) is 18.5. The summed E-state index contributed by atoms with van der Waals surface area (Å²) in [5, 5.41) is 2.44. The molecule has 2 aliphatic rings.